The minimum Gasteiger partial charge on any atom is -0.460 e. The Labute approximate surface area is 343 Å². The van der Waals surface area contributed by atoms with Crippen LogP contribution in [0.1, 0.15) is 215 Å². The fourth-order valence-corrected chi connectivity index (χ4v) is 7.74. The molecule has 2 atom stereocenters. The van der Waals surface area contributed by atoms with E-state index in [0.29, 0.717) is 11.8 Å². The highest BCUT2D eigenvalue weighted by Gasteiger charge is 2.31. The van der Waals surface area contributed by atoms with Gasteiger partial charge in [0, 0.05) is 31.8 Å². The summed E-state index contributed by atoms with van der Waals surface area (Å²) in [6.45, 7) is 14.0. The zero-order valence-electron chi connectivity index (χ0n) is 36.0. The van der Waals surface area contributed by atoms with E-state index < -0.39 is 11.2 Å². The number of aromatic nitrogens is 4. The summed E-state index contributed by atoms with van der Waals surface area (Å²) in [7, 11) is 0. The Bertz CT molecular complexity index is 1600. The number of ketones is 1. The number of likely N-dealkylation sites (tertiary alicyclic amines) is 1. The summed E-state index contributed by atoms with van der Waals surface area (Å²) in [4.78, 5) is 75.0. The molecule has 324 valence electrons. The number of nitrogens with zero attached hydrogens (tertiary/aromatic N) is 5. The van der Waals surface area contributed by atoms with Crippen molar-refractivity contribution in [3.8, 4) is 0 Å². The van der Waals surface area contributed by atoms with Crippen molar-refractivity contribution < 1.29 is 47.3 Å². The Balaban J connectivity index is 0.000000292. The fourth-order valence-electron chi connectivity index (χ4n) is 7.74. The summed E-state index contributed by atoms with van der Waals surface area (Å²) >= 11 is 0. The summed E-state index contributed by atoms with van der Waals surface area (Å²) in [6, 6.07) is 0. The van der Waals surface area contributed by atoms with Gasteiger partial charge in [0.25, 0.3) is 11.7 Å². The molecule has 3 aliphatic rings. The first-order valence-electron chi connectivity index (χ1n) is 21.4. The maximum atomic E-state index is 12.4. The molecule has 0 unspecified atom stereocenters. The highest BCUT2D eigenvalue weighted by atomic mass is 16.6. The van der Waals surface area contributed by atoms with Gasteiger partial charge in [0.15, 0.2) is 0 Å². The summed E-state index contributed by atoms with van der Waals surface area (Å²) in [5.41, 5.74) is -1.06. The lowest BCUT2D eigenvalue weighted by Crippen LogP contribution is -2.42. The largest absolute Gasteiger partial charge is 0.460 e. The summed E-state index contributed by atoms with van der Waals surface area (Å²) in [5, 5.41) is 7.62. The summed E-state index contributed by atoms with van der Waals surface area (Å²) in [6.07, 6.45) is 20.9. The molecule has 2 saturated carbocycles. The Kier molecular flexibility index (Phi) is 19.9. The topological polar surface area (TPSA) is 202 Å². The zero-order valence-corrected chi connectivity index (χ0v) is 36.0. The molecule has 0 spiro atoms. The third-order valence-electron chi connectivity index (χ3n) is 10.7. The second-order valence-electron chi connectivity index (χ2n) is 18.0. The van der Waals surface area contributed by atoms with Crippen molar-refractivity contribution in [1.29, 1.82) is 0 Å². The first-order valence-corrected chi connectivity index (χ1v) is 21.4. The van der Waals surface area contributed by atoms with Crippen molar-refractivity contribution in [3.05, 3.63) is 23.4 Å². The van der Waals surface area contributed by atoms with Gasteiger partial charge >= 0.3 is 18.1 Å². The second kappa shape index (κ2) is 24.0. The Morgan fingerprint density at radius 2 is 1.07 bits per heavy atom. The number of amides is 1. The van der Waals surface area contributed by atoms with E-state index in [-0.39, 0.29) is 66.1 Å². The molecule has 15 nitrogen and oxygen atoms in total. The van der Waals surface area contributed by atoms with Gasteiger partial charge in [0.05, 0.1) is 12.8 Å². The molecule has 3 heterocycles. The summed E-state index contributed by atoms with van der Waals surface area (Å²) < 4.78 is 21.6. The van der Waals surface area contributed by atoms with E-state index in [1.807, 2.05) is 41.5 Å². The van der Waals surface area contributed by atoms with Crippen LogP contribution in [0.3, 0.4) is 0 Å². The normalized spacial score (nSPS) is 17.3. The average Bonchev–Trinajstić information content (AvgIpc) is 3.82. The van der Waals surface area contributed by atoms with Crippen LogP contribution in [0.5, 0.6) is 0 Å². The van der Waals surface area contributed by atoms with E-state index in [9.17, 15) is 19.2 Å². The molecule has 2 aliphatic carbocycles. The first kappa shape index (κ1) is 48.1. The van der Waals surface area contributed by atoms with Gasteiger partial charge in [-0.1, -0.05) is 100 Å². The van der Waals surface area contributed by atoms with Crippen LogP contribution >= 0.6 is 0 Å². The van der Waals surface area contributed by atoms with Crippen LogP contribution in [0.25, 0.3) is 0 Å². The van der Waals surface area contributed by atoms with E-state index in [0.717, 1.165) is 57.0 Å². The van der Waals surface area contributed by atoms with Gasteiger partial charge in [-0.25, -0.2) is 0 Å². The molecule has 0 bridgehead atoms. The number of hydrogen-bond acceptors (Lipinski definition) is 14. The molecule has 5 rings (SSSR count). The monoisotopic (exact) mass is 813 g/mol. The lowest BCUT2D eigenvalue weighted by molar-refractivity contribution is -0.191. The van der Waals surface area contributed by atoms with Crippen molar-refractivity contribution in [1.82, 2.24) is 25.2 Å². The maximum Gasteiger partial charge on any atom is 0.373 e. The van der Waals surface area contributed by atoms with E-state index >= 15 is 0 Å². The van der Waals surface area contributed by atoms with Crippen molar-refractivity contribution in [2.24, 2.45) is 11.8 Å². The van der Waals surface area contributed by atoms with Gasteiger partial charge < -0.3 is 23.4 Å². The molecule has 3 fully saturated rings. The van der Waals surface area contributed by atoms with Gasteiger partial charge in [-0.05, 0) is 72.6 Å². The molecule has 0 N–H and O–H groups in total. The molecular weight excluding hydrogens is 746 g/mol. The van der Waals surface area contributed by atoms with Crippen LogP contribution in [0, 0.1) is 11.8 Å². The van der Waals surface area contributed by atoms with Crippen LogP contribution in [0.4, 0.5) is 0 Å². The highest BCUT2D eigenvalue weighted by Crippen LogP contribution is 2.33. The van der Waals surface area contributed by atoms with Gasteiger partial charge in [0.1, 0.15) is 11.2 Å². The number of hydrogen-bond donors (Lipinski definition) is 0. The molecule has 58 heavy (non-hydrogen) atoms. The SMILES string of the molecule is CC(=O)c1noc([C@H](CCCC2CCCCC2)CC(=O)OC(C)(C)C)n1.CC(C)(C)OC(=O)C[C@@H](CCCC1CCCCC1)c1nc(C(=O)N2CCC2)no1.O=C=O. The van der Waals surface area contributed by atoms with Gasteiger partial charge in [-0.3, -0.25) is 19.2 Å². The van der Waals surface area contributed by atoms with E-state index in [1.165, 1.54) is 84.0 Å². The van der Waals surface area contributed by atoms with Crippen LogP contribution in [-0.2, 0) is 28.7 Å². The number of ether oxygens (including phenoxy) is 2. The Morgan fingerprint density at radius 1 is 0.672 bits per heavy atom. The standard InChI is InChI=1S/C22H35N3O4.C20H32N2O4.CO2/c1-22(2,3)28-18(26)15-17(12-7-11-16-9-5-4-6-10-16)20-23-19(24-29-20)21(27)25-13-8-14-25;1-14(23)18-21-19(26-22-18)16(13-17(24)25-20(2,3)4)12-8-11-15-9-6-5-7-10-15;2-1-3/h16-17H,4-15H2,1-3H3;15-16H,5-13H2,1-4H3;/t17-;16-;/m11./s1. The minimum atomic E-state index is -0.531. The quantitative estimate of drug-likeness (QED) is 0.115. The molecule has 2 aromatic heterocycles. The Morgan fingerprint density at radius 3 is 1.41 bits per heavy atom. The molecular formula is C43H67N5O10. The van der Waals surface area contributed by atoms with Gasteiger partial charge in [-0.15, -0.1) is 0 Å². The van der Waals surface area contributed by atoms with Crippen molar-refractivity contribution in [2.75, 3.05) is 13.1 Å². The van der Waals surface area contributed by atoms with Crippen molar-refractivity contribution in [3.63, 3.8) is 0 Å². The third-order valence-corrected chi connectivity index (χ3v) is 10.7. The van der Waals surface area contributed by atoms with Crippen LogP contribution in [0.15, 0.2) is 9.05 Å². The molecule has 1 aliphatic heterocycles. The molecule has 0 radical (unpaired) electrons. The number of carbonyl (C=O) groups is 4. The van der Waals surface area contributed by atoms with Gasteiger partial charge in [0.2, 0.25) is 23.4 Å². The number of rotatable bonds is 16. The van der Waals surface area contributed by atoms with Crippen LogP contribution in [-0.4, -0.2) is 79.3 Å². The van der Waals surface area contributed by atoms with Crippen molar-refractivity contribution in [2.45, 2.75) is 193 Å². The van der Waals surface area contributed by atoms with Gasteiger partial charge in [-0.2, -0.15) is 19.6 Å². The molecule has 15 heteroatoms. The maximum absolute atomic E-state index is 12.4. The third kappa shape index (κ3) is 18.1. The lowest BCUT2D eigenvalue weighted by Gasteiger charge is -2.29. The van der Waals surface area contributed by atoms with Crippen molar-refractivity contribution >= 4 is 29.8 Å². The number of esters is 2. The van der Waals surface area contributed by atoms with E-state index in [1.54, 1.807) is 4.90 Å². The Hall–Kier alpha value is -4.26. The number of carbonyl (C=O) groups excluding carboxylic acids is 6. The van der Waals surface area contributed by atoms with E-state index in [2.05, 4.69) is 20.3 Å². The molecule has 1 amide bonds. The predicted molar refractivity (Wildman–Crippen MR) is 211 cm³/mol. The smallest absolute Gasteiger partial charge is 0.373 e. The second-order valence-corrected chi connectivity index (χ2v) is 18.0. The van der Waals surface area contributed by atoms with E-state index in [4.69, 9.17) is 28.1 Å². The molecule has 1 saturated heterocycles. The highest BCUT2D eigenvalue weighted by molar-refractivity contribution is 5.91. The lowest BCUT2D eigenvalue weighted by atomic mass is 9.84. The average molecular weight is 814 g/mol. The molecule has 2 aromatic rings. The number of Topliss-reactive ketones (excluding diaryl/α,β-unsaturated/α-hetero) is 1. The summed E-state index contributed by atoms with van der Waals surface area (Å²) in [5.74, 6) is 1.11. The minimum absolute atomic E-state index is 0.0708. The first-order chi connectivity index (χ1) is 27.5. The van der Waals surface area contributed by atoms with Crippen LogP contribution in [0.2, 0.25) is 0 Å². The zero-order chi connectivity index (χ0) is 42.7. The fraction of sp³-hybridized carbons (Fsp3) is 0.791. The molecule has 0 aromatic carbocycles. The van der Waals surface area contributed by atoms with Crippen LogP contribution < -0.4 is 0 Å². The predicted octanol–water partition coefficient (Wildman–Crippen LogP) is 8.74.